The van der Waals surface area contributed by atoms with Crippen molar-refractivity contribution in [2.45, 2.75) is 161 Å². The quantitative estimate of drug-likeness (QED) is 0.158. The summed E-state index contributed by atoms with van der Waals surface area (Å²) in [5, 5.41) is 8.94. The van der Waals surface area contributed by atoms with E-state index in [1.807, 2.05) is 119 Å². The highest BCUT2D eigenvalue weighted by Crippen LogP contribution is 2.30. The molecule has 0 amide bonds. The van der Waals surface area contributed by atoms with Crippen molar-refractivity contribution in [3.63, 3.8) is 0 Å². The normalized spacial score (nSPS) is 10.1. The van der Waals surface area contributed by atoms with Crippen molar-refractivity contribution in [2.75, 3.05) is 0 Å². The van der Waals surface area contributed by atoms with Crippen molar-refractivity contribution in [1.29, 1.82) is 0 Å². The molecule has 0 aliphatic carbocycles. The molecular formula is C48H80N8O2. The number of aryl methyl sites for hydroxylation is 4. The molecule has 0 saturated heterocycles. The molecule has 58 heavy (non-hydrogen) atoms. The van der Waals surface area contributed by atoms with E-state index in [-0.39, 0.29) is 21.9 Å². The maximum absolute atomic E-state index is 12.6. The zero-order chi connectivity index (χ0) is 45.2. The number of H-pyrrole nitrogens is 2. The van der Waals surface area contributed by atoms with Gasteiger partial charge in [0.1, 0.15) is 22.7 Å². The molecule has 0 aliphatic rings. The van der Waals surface area contributed by atoms with Gasteiger partial charge in [-0.15, -0.1) is 0 Å². The van der Waals surface area contributed by atoms with Crippen LogP contribution in [0.5, 0.6) is 0 Å². The average Bonchev–Trinajstić information content (AvgIpc) is 3.78. The van der Waals surface area contributed by atoms with Gasteiger partial charge in [-0.2, -0.15) is 10.2 Å². The predicted octanol–water partition coefficient (Wildman–Crippen LogP) is 12.0. The zero-order valence-electron chi connectivity index (χ0n) is 40.1. The summed E-state index contributed by atoms with van der Waals surface area (Å²) in [7, 11) is 3.58. The number of nitrogens with one attached hydrogen (secondary N) is 2. The molecule has 0 spiro atoms. The first-order chi connectivity index (χ1) is 27.9. The standard InChI is InChI=1S/2C18H22N4O.6C2H6/c2*1-5-9-13-14-15(22(4)21-13)16(23)20-17(19-14)18(2,3)12-10-7-6-8-11-12;6*1-2/h2*6-8,10-11H,5,9H2,1-4H3,(H,19,20,23);6*1-2H3. The number of aromatic nitrogens is 8. The summed E-state index contributed by atoms with van der Waals surface area (Å²) in [6.45, 7) is 36.5. The van der Waals surface area contributed by atoms with Gasteiger partial charge in [0, 0.05) is 24.9 Å². The second kappa shape index (κ2) is 28.5. The fourth-order valence-corrected chi connectivity index (χ4v) is 5.88. The van der Waals surface area contributed by atoms with Crippen LogP contribution < -0.4 is 11.1 Å². The topological polar surface area (TPSA) is 127 Å². The predicted molar refractivity (Wildman–Crippen MR) is 251 cm³/mol. The number of aromatic amines is 2. The van der Waals surface area contributed by atoms with Crippen LogP contribution in [0.15, 0.2) is 70.3 Å². The van der Waals surface area contributed by atoms with E-state index >= 15 is 0 Å². The molecule has 4 heterocycles. The molecule has 4 aromatic heterocycles. The molecule has 0 unspecified atom stereocenters. The Balaban J connectivity index is 0. The van der Waals surface area contributed by atoms with Crippen LogP contribution in [0.4, 0.5) is 0 Å². The Labute approximate surface area is 351 Å². The third-order valence-corrected chi connectivity index (χ3v) is 8.67. The highest BCUT2D eigenvalue weighted by Gasteiger charge is 2.29. The van der Waals surface area contributed by atoms with Crippen LogP contribution in [0, 0.1) is 0 Å². The second-order valence-electron chi connectivity index (χ2n) is 12.8. The lowest BCUT2D eigenvalue weighted by atomic mass is 9.83. The highest BCUT2D eigenvalue weighted by molar-refractivity contribution is 5.77. The third kappa shape index (κ3) is 13.6. The van der Waals surface area contributed by atoms with E-state index in [9.17, 15) is 9.59 Å². The number of nitrogens with zero attached hydrogens (tertiary/aromatic N) is 6. The highest BCUT2D eigenvalue weighted by atomic mass is 16.1. The van der Waals surface area contributed by atoms with Crippen molar-refractivity contribution in [2.24, 2.45) is 14.1 Å². The molecule has 0 bridgehead atoms. The average molecular weight is 801 g/mol. The molecule has 10 heteroatoms. The third-order valence-electron chi connectivity index (χ3n) is 8.67. The molecule has 2 N–H and O–H groups in total. The largest absolute Gasteiger partial charge is 0.308 e. The van der Waals surface area contributed by atoms with Gasteiger partial charge in [0.15, 0.2) is 11.0 Å². The molecule has 0 radical (unpaired) electrons. The first kappa shape index (κ1) is 55.2. The Bertz CT molecular complexity index is 1940. The molecule has 2 aromatic carbocycles. The first-order valence-electron chi connectivity index (χ1n) is 21.9. The summed E-state index contributed by atoms with van der Waals surface area (Å²) < 4.78 is 3.26. The maximum atomic E-state index is 12.6. The van der Waals surface area contributed by atoms with Gasteiger partial charge < -0.3 is 9.97 Å². The first-order valence-corrected chi connectivity index (χ1v) is 21.9. The molecular weight excluding hydrogens is 721 g/mol. The number of benzene rings is 2. The van der Waals surface area contributed by atoms with Crippen LogP contribution in [0.2, 0.25) is 0 Å². The summed E-state index contributed by atoms with van der Waals surface area (Å²) in [5.41, 5.74) is 5.50. The molecule has 0 aliphatic heterocycles. The van der Waals surface area contributed by atoms with Crippen LogP contribution in [0.3, 0.4) is 0 Å². The van der Waals surface area contributed by atoms with Gasteiger partial charge in [-0.3, -0.25) is 19.0 Å². The van der Waals surface area contributed by atoms with Crippen molar-refractivity contribution in [1.82, 2.24) is 39.5 Å². The van der Waals surface area contributed by atoms with Crippen LogP contribution in [-0.2, 0) is 37.8 Å². The van der Waals surface area contributed by atoms with Crippen molar-refractivity contribution in [3.8, 4) is 0 Å². The van der Waals surface area contributed by atoms with Gasteiger partial charge >= 0.3 is 0 Å². The van der Waals surface area contributed by atoms with Crippen LogP contribution >= 0.6 is 0 Å². The molecule has 10 nitrogen and oxygen atoms in total. The van der Waals surface area contributed by atoms with E-state index < -0.39 is 0 Å². The van der Waals surface area contributed by atoms with Gasteiger partial charge in [-0.25, -0.2) is 9.97 Å². The van der Waals surface area contributed by atoms with Crippen molar-refractivity contribution < 1.29 is 0 Å². The van der Waals surface area contributed by atoms with E-state index in [2.05, 4.69) is 86.0 Å². The van der Waals surface area contributed by atoms with E-state index in [0.29, 0.717) is 22.7 Å². The Kier molecular flexibility index (Phi) is 27.2. The minimum atomic E-state index is -0.381. The summed E-state index contributed by atoms with van der Waals surface area (Å²) >= 11 is 0. The summed E-state index contributed by atoms with van der Waals surface area (Å²) in [4.78, 5) is 40.6. The van der Waals surface area contributed by atoms with E-state index in [4.69, 9.17) is 9.97 Å². The lowest BCUT2D eigenvalue weighted by molar-refractivity contribution is 0.590. The van der Waals surface area contributed by atoms with Gasteiger partial charge in [-0.05, 0) is 51.7 Å². The van der Waals surface area contributed by atoms with E-state index in [1.54, 1.807) is 23.5 Å². The summed E-state index contributed by atoms with van der Waals surface area (Å²) in [6.07, 6.45) is 3.58. The maximum Gasteiger partial charge on any atom is 0.277 e. The molecule has 324 valence electrons. The molecule has 0 saturated carbocycles. The Morgan fingerprint density at radius 1 is 0.500 bits per heavy atom. The Morgan fingerprint density at radius 3 is 1.03 bits per heavy atom. The number of hydrogen-bond donors (Lipinski definition) is 2. The molecule has 0 atom stereocenters. The van der Waals surface area contributed by atoms with Crippen LogP contribution in [0.25, 0.3) is 22.1 Å². The van der Waals surface area contributed by atoms with Crippen LogP contribution in [-0.4, -0.2) is 39.5 Å². The SMILES string of the molecule is CC.CC.CC.CC.CC.CC.CCCc1nn(C)c2c(=O)[nH]c(C(C)(C)c3ccccc3)nc12.CCCc1nn(C)c2c(=O)[nH]c(C(C)(C)c3ccccc3)nc12. The second-order valence-corrected chi connectivity index (χ2v) is 12.8. The molecule has 0 fully saturated rings. The van der Waals surface area contributed by atoms with Crippen LogP contribution in [0.1, 0.15) is 172 Å². The Hall–Kier alpha value is -4.86. The Morgan fingerprint density at radius 2 is 0.776 bits per heavy atom. The fourth-order valence-electron chi connectivity index (χ4n) is 5.88. The fraction of sp³-hybridized carbons (Fsp3) is 0.542. The van der Waals surface area contributed by atoms with Crippen molar-refractivity contribution in [3.05, 3.63) is 116 Å². The number of fused-ring (bicyclic) bond motifs is 2. The summed E-state index contributed by atoms with van der Waals surface area (Å²) in [5.74, 6) is 1.35. The monoisotopic (exact) mass is 801 g/mol. The lowest BCUT2D eigenvalue weighted by Gasteiger charge is -2.24. The van der Waals surface area contributed by atoms with Gasteiger partial charge in [0.25, 0.3) is 11.1 Å². The van der Waals surface area contributed by atoms with Gasteiger partial charge in [0.05, 0.1) is 11.4 Å². The zero-order valence-corrected chi connectivity index (χ0v) is 40.1. The van der Waals surface area contributed by atoms with Gasteiger partial charge in [-0.1, -0.05) is 170 Å². The van der Waals surface area contributed by atoms with Gasteiger partial charge in [0.2, 0.25) is 0 Å². The van der Waals surface area contributed by atoms with E-state index in [1.165, 1.54) is 0 Å². The minimum Gasteiger partial charge on any atom is -0.308 e. The van der Waals surface area contributed by atoms with Crippen molar-refractivity contribution >= 4 is 22.1 Å². The molecule has 6 aromatic rings. The van der Waals surface area contributed by atoms with E-state index in [0.717, 1.165) is 59.2 Å². The number of hydrogen-bond acceptors (Lipinski definition) is 6. The minimum absolute atomic E-state index is 0.133. The summed E-state index contributed by atoms with van der Waals surface area (Å²) in [6, 6.07) is 20.2. The lowest BCUT2D eigenvalue weighted by Crippen LogP contribution is -2.26. The number of rotatable bonds is 8. The molecule has 6 rings (SSSR count). The smallest absolute Gasteiger partial charge is 0.277 e.